The van der Waals surface area contributed by atoms with Crippen molar-refractivity contribution < 1.29 is 5.11 Å². The number of nitrogens with zero attached hydrogens (tertiary/aromatic N) is 3. The third kappa shape index (κ3) is 12.3. The predicted molar refractivity (Wildman–Crippen MR) is 309 cm³/mol. The Kier molecular flexibility index (Phi) is 18.2. The molecule has 1 atom stereocenters. The number of aromatic nitrogens is 1. The first-order valence-electron chi connectivity index (χ1n) is 25.8. The fraction of sp³-hybridized carbons (Fsp3) is 0.323. The van der Waals surface area contributed by atoms with Crippen LogP contribution in [0.25, 0.3) is 52.4 Å². The highest BCUT2D eigenvalue weighted by atomic mass is 32.1. The summed E-state index contributed by atoms with van der Waals surface area (Å²) in [5.41, 5.74) is 7.13. The van der Waals surface area contributed by atoms with Crippen LogP contribution in [-0.4, -0.2) is 9.67 Å². The van der Waals surface area contributed by atoms with Gasteiger partial charge in [-0.3, -0.25) is 9.36 Å². The van der Waals surface area contributed by atoms with E-state index < -0.39 is 0 Å². The lowest BCUT2D eigenvalue weighted by atomic mass is 9.99. The number of hydrogen-bond acceptors (Lipinski definition) is 8. The zero-order valence-electron chi connectivity index (χ0n) is 41.8. The number of unbranched alkanes of at least 4 members (excludes halogenated alkanes) is 7. The van der Waals surface area contributed by atoms with E-state index in [1.807, 2.05) is 40.1 Å². The number of benzene rings is 3. The number of nitriles is 1. The standard InChI is InChI=1S/C62H67N3O2S4/c1-6-10-13-17-24-46-38-51(40-52-43(5)53(41-63)62(67)64(61(52)66)42-44(9-4)23-12-8-3)68-59(46)56-36-34-54(69-56)55-35-37-57(70-55)60-47(25-18-14-11-7-2)39-58(71-60)45-30-32-50(33-31-45)65(48-26-19-15-20-27-48)49-28-21-16-22-29-49/h15-16,19-22,26-40,44,67H,5-14,17-18,23-25,42H2,1-4H3/b52-40-. The molecule has 0 fully saturated rings. The van der Waals surface area contributed by atoms with Crippen molar-refractivity contribution in [2.75, 3.05) is 4.90 Å². The molecule has 1 unspecified atom stereocenters. The summed E-state index contributed by atoms with van der Waals surface area (Å²) in [4.78, 5) is 26.4. The highest BCUT2D eigenvalue weighted by molar-refractivity contribution is 7.29. The van der Waals surface area contributed by atoms with Crippen molar-refractivity contribution >= 4 is 75.1 Å². The molecule has 1 N–H and O–H groups in total. The summed E-state index contributed by atoms with van der Waals surface area (Å²) in [7, 11) is 0. The summed E-state index contributed by atoms with van der Waals surface area (Å²) in [5.74, 6) is -0.0462. The van der Waals surface area contributed by atoms with E-state index in [1.165, 1.54) is 100 Å². The molecule has 8 aromatic rings. The average molecular weight is 1010 g/mol. The van der Waals surface area contributed by atoms with Crippen molar-refractivity contribution in [3.8, 4) is 51.7 Å². The second-order valence-electron chi connectivity index (χ2n) is 18.6. The Balaban J connectivity index is 1.10. The summed E-state index contributed by atoms with van der Waals surface area (Å²) < 4.78 is 1.42. The van der Waals surface area contributed by atoms with E-state index in [-0.39, 0.29) is 28.1 Å². The van der Waals surface area contributed by atoms with Crippen LogP contribution in [-0.2, 0) is 19.4 Å². The van der Waals surface area contributed by atoms with Gasteiger partial charge in [0.15, 0.2) is 0 Å². The smallest absolute Gasteiger partial charge is 0.261 e. The van der Waals surface area contributed by atoms with Crippen LogP contribution in [0.3, 0.4) is 0 Å². The first kappa shape index (κ1) is 51.6. The van der Waals surface area contributed by atoms with E-state index in [0.29, 0.717) is 11.8 Å². The van der Waals surface area contributed by atoms with Crippen LogP contribution >= 0.6 is 45.3 Å². The van der Waals surface area contributed by atoms with Crippen LogP contribution in [0.4, 0.5) is 17.1 Å². The zero-order chi connectivity index (χ0) is 49.7. The third-order valence-electron chi connectivity index (χ3n) is 13.5. The molecule has 3 aromatic carbocycles. The minimum Gasteiger partial charge on any atom is -0.493 e. The summed E-state index contributed by atoms with van der Waals surface area (Å²) in [6.45, 7) is 13.4. The molecule has 0 saturated heterocycles. The second-order valence-corrected chi connectivity index (χ2v) is 23.0. The number of hydrogen-bond donors (Lipinski definition) is 1. The second kappa shape index (κ2) is 25.1. The van der Waals surface area contributed by atoms with Gasteiger partial charge in [0.1, 0.15) is 11.6 Å². The van der Waals surface area contributed by atoms with Crippen LogP contribution in [0.2, 0.25) is 0 Å². The molecule has 0 bridgehead atoms. The third-order valence-corrected chi connectivity index (χ3v) is 18.6. The molecule has 5 aromatic heterocycles. The topological polar surface area (TPSA) is 69.3 Å². The lowest BCUT2D eigenvalue weighted by molar-refractivity contribution is 0.338. The lowest BCUT2D eigenvalue weighted by Crippen LogP contribution is -2.46. The van der Waals surface area contributed by atoms with Crippen molar-refractivity contribution in [2.24, 2.45) is 5.92 Å². The van der Waals surface area contributed by atoms with Gasteiger partial charge in [-0.1, -0.05) is 141 Å². The van der Waals surface area contributed by atoms with Crippen LogP contribution in [0.5, 0.6) is 5.88 Å². The minimum atomic E-state index is -0.290. The van der Waals surface area contributed by atoms with Crippen LogP contribution in [0, 0.1) is 17.2 Å². The number of aromatic hydroxyl groups is 1. The molecule has 0 aliphatic rings. The Morgan fingerprint density at radius 2 is 1.17 bits per heavy atom. The molecule has 8 rings (SSSR count). The Hall–Kier alpha value is -5.76. The molecular formula is C62H67N3O2S4. The maximum Gasteiger partial charge on any atom is 0.261 e. The molecule has 0 saturated carbocycles. The fourth-order valence-electron chi connectivity index (χ4n) is 9.45. The molecule has 9 heteroatoms. The number of anilines is 3. The van der Waals surface area contributed by atoms with Gasteiger partial charge in [0.05, 0.1) is 0 Å². The van der Waals surface area contributed by atoms with Crippen molar-refractivity contribution in [3.63, 3.8) is 0 Å². The number of rotatable bonds is 24. The molecular weight excluding hydrogens is 947 g/mol. The van der Waals surface area contributed by atoms with Crippen LogP contribution < -0.4 is 20.9 Å². The molecule has 0 aliphatic heterocycles. The summed E-state index contributed by atoms with van der Waals surface area (Å²) in [6, 6.07) is 46.2. The average Bonchev–Trinajstić information content (AvgIpc) is 4.24. The van der Waals surface area contributed by atoms with Crippen molar-refractivity contribution in [1.29, 1.82) is 5.26 Å². The van der Waals surface area contributed by atoms with Crippen molar-refractivity contribution in [1.82, 2.24) is 4.57 Å². The van der Waals surface area contributed by atoms with Crippen molar-refractivity contribution in [2.45, 2.75) is 124 Å². The normalized spacial score (nSPS) is 12.1. The zero-order valence-corrected chi connectivity index (χ0v) is 45.1. The highest BCUT2D eigenvalue weighted by Crippen LogP contribution is 2.47. The Labute approximate surface area is 437 Å². The van der Waals surface area contributed by atoms with Gasteiger partial charge in [-0.05, 0) is 134 Å². The Morgan fingerprint density at radius 3 is 1.72 bits per heavy atom. The Morgan fingerprint density at radius 1 is 0.634 bits per heavy atom. The molecule has 5 heterocycles. The van der Waals surface area contributed by atoms with Crippen LogP contribution in [0.1, 0.15) is 126 Å². The monoisotopic (exact) mass is 1010 g/mol. The molecule has 366 valence electrons. The first-order valence-corrected chi connectivity index (χ1v) is 29.0. The van der Waals surface area contributed by atoms with Gasteiger partial charge in [0.2, 0.25) is 5.88 Å². The summed E-state index contributed by atoms with van der Waals surface area (Å²) in [5, 5.41) is 22.0. The van der Waals surface area contributed by atoms with Gasteiger partial charge >= 0.3 is 0 Å². The molecule has 71 heavy (non-hydrogen) atoms. The van der Waals surface area contributed by atoms with E-state index in [2.05, 4.69) is 167 Å². The van der Waals surface area contributed by atoms with Gasteiger partial charge < -0.3 is 10.0 Å². The van der Waals surface area contributed by atoms with E-state index in [9.17, 15) is 15.2 Å². The maximum absolute atomic E-state index is 14.2. The fourth-order valence-corrected chi connectivity index (χ4v) is 14.2. The van der Waals surface area contributed by atoms with Gasteiger partial charge in [0, 0.05) is 73.1 Å². The number of aryl methyl sites for hydroxylation is 2. The van der Waals surface area contributed by atoms with E-state index in [4.69, 9.17) is 0 Å². The SMILES string of the molecule is C=c1c(C#N)c(O)n(CC(CC)CCCC)c(=O)/c1=C\c1cc(CCCCCC)c(-c2ccc(-c3ccc(-c4sc(-c5ccc(N(c6ccccc6)c6ccccc6)cc5)cc4CCCCCC)s3)s2)s1. The highest BCUT2D eigenvalue weighted by Gasteiger charge is 2.21. The molecule has 0 amide bonds. The lowest BCUT2D eigenvalue weighted by Gasteiger charge is -2.25. The van der Waals surface area contributed by atoms with E-state index in [0.717, 1.165) is 66.9 Å². The van der Waals surface area contributed by atoms with Crippen molar-refractivity contribution in [3.05, 3.63) is 164 Å². The molecule has 0 radical (unpaired) electrons. The van der Waals surface area contributed by atoms with E-state index >= 15 is 0 Å². The van der Waals surface area contributed by atoms with Gasteiger partial charge in [-0.2, -0.15) is 5.26 Å². The molecule has 0 aliphatic carbocycles. The first-order chi connectivity index (χ1) is 34.7. The minimum absolute atomic E-state index is 0.0714. The summed E-state index contributed by atoms with van der Waals surface area (Å²) >= 11 is 7.34. The summed E-state index contributed by atoms with van der Waals surface area (Å²) in [6.07, 6.45) is 17.5. The maximum atomic E-state index is 14.2. The van der Waals surface area contributed by atoms with Crippen LogP contribution in [0.15, 0.2) is 126 Å². The van der Waals surface area contributed by atoms with Gasteiger partial charge in [-0.15, -0.1) is 45.3 Å². The van der Waals surface area contributed by atoms with Gasteiger partial charge in [-0.25, -0.2) is 0 Å². The van der Waals surface area contributed by atoms with Gasteiger partial charge in [0.25, 0.3) is 5.56 Å². The Bertz CT molecular complexity index is 3160. The number of para-hydroxylation sites is 2. The molecule has 5 nitrogen and oxygen atoms in total. The number of pyridine rings is 1. The quantitative estimate of drug-likeness (QED) is 0.0612. The van der Waals surface area contributed by atoms with E-state index in [1.54, 1.807) is 11.3 Å². The number of thiophene rings is 4. The molecule has 0 spiro atoms. The predicted octanol–water partition coefficient (Wildman–Crippen LogP) is 17.5. The largest absolute Gasteiger partial charge is 0.493 e.